The van der Waals surface area contributed by atoms with E-state index >= 15 is 0 Å². The van der Waals surface area contributed by atoms with Crippen molar-refractivity contribution in [3.8, 4) is 5.75 Å². The number of hydrogen-bond acceptors (Lipinski definition) is 6. The van der Waals surface area contributed by atoms with Crippen molar-refractivity contribution in [3.05, 3.63) is 52.5 Å². The van der Waals surface area contributed by atoms with Gasteiger partial charge >= 0.3 is 5.97 Å². The fraction of sp³-hybridized carbons (Fsp3) is 0.300. The van der Waals surface area contributed by atoms with E-state index in [9.17, 15) is 18.0 Å². The van der Waals surface area contributed by atoms with Crippen molar-refractivity contribution in [2.24, 2.45) is 5.14 Å². The lowest BCUT2D eigenvalue weighted by atomic mass is 9.87. The molecule has 10 heteroatoms. The monoisotopic (exact) mass is 454 g/mol. The van der Waals surface area contributed by atoms with E-state index in [-0.39, 0.29) is 16.0 Å². The predicted octanol–water partition coefficient (Wildman–Crippen LogP) is 3.09. The largest absolute Gasteiger partial charge is 0.495 e. The molecule has 0 heterocycles. The number of anilines is 1. The van der Waals surface area contributed by atoms with Crippen LogP contribution in [0.4, 0.5) is 5.69 Å². The zero-order valence-corrected chi connectivity index (χ0v) is 18.6. The highest BCUT2D eigenvalue weighted by atomic mass is 35.5. The molecular weight excluding hydrogens is 432 g/mol. The van der Waals surface area contributed by atoms with E-state index < -0.39 is 33.4 Å². The van der Waals surface area contributed by atoms with Crippen LogP contribution in [0.15, 0.2) is 41.3 Å². The van der Waals surface area contributed by atoms with Crippen molar-refractivity contribution in [1.82, 2.24) is 0 Å². The first-order chi connectivity index (χ1) is 13.8. The summed E-state index contributed by atoms with van der Waals surface area (Å²) in [6.45, 7) is 5.51. The van der Waals surface area contributed by atoms with Crippen LogP contribution in [0, 0.1) is 0 Å². The standard InChI is InChI=1S/C20H23ClN2O6S/c1-20(2,3)13-6-8-16(28-4)15(10-13)23-18(24)11-29-19(25)12-5-7-14(21)17(9-12)30(22,26)27/h5-10H,11H2,1-4H3,(H,23,24)(H2,22,26,27). The van der Waals surface area contributed by atoms with Gasteiger partial charge in [0.2, 0.25) is 10.0 Å². The van der Waals surface area contributed by atoms with E-state index in [1.165, 1.54) is 19.2 Å². The van der Waals surface area contributed by atoms with Crippen LogP contribution >= 0.6 is 11.6 Å². The molecule has 0 aliphatic carbocycles. The number of sulfonamides is 1. The highest BCUT2D eigenvalue weighted by molar-refractivity contribution is 7.89. The van der Waals surface area contributed by atoms with Crippen LogP contribution in [0.5, 0.6) is 5.75 Å². The first kappa shape index (κ1) is 23.7. The molecule has 2 rings (SSSR count). The number of ether oxygens (including phenoxy) is 2. The summed E-state index contributed by atoms with van der Waals surface area (Å²) in [4.78, 5) is 24.1. The summed E-state index contributed by atoms with van der Waals surface area (Å²) >= 11 is 5.79. The zero-order chi connectivity index (χ0) is 22.7. The van der Waals surface area contributed by atoms with E-state index in [0.717, 1.165) is 11.6 Å². The minimum absolute atomic E-state index is 0.108. The Hall–Kier alpha value is -2.62. The minimum atomic E-state index is -4.12. The lowest BCUT2D eigenvalue weighted by Crippen LogP contribution is -2.22. The summed E-state index contributed by atoms with van der Waals surface area (Å²) in [5, 5.41) is 7.58. The molecule has 162 valence electrons. The Balaban J connectivity index is 2.11. The van der Waals surface area contributed by atoms with Gasteiger partial charge in [-0.25, -0.2) is 18.4 Å². The number of carbonyl (C=O) groups excluding carboxylic acids is 2. The van der Waals surface area contributed by atoms with Gasteiger partial charge in [0.05, 0.1) is 23.4 Å². The molecule has 0 bridgehead atoms. The molecule has 3 N–H and O–H groups in total. The van der Waals surface area contributed by atoms with Gasteiger partial charge in [0.25, 0.3) is 5.91 Å². The summed E-state index contributed by atoms with van der Waals surface area (Å²) < 4.78 is 33.3. The van der Waals surface area contributed by atoms with Gasteiger partial charge in [0.15, 0.2) is 6.61 Å². The lowest BCUT2D eigenvalue weighted by Gasteiger charge is -2.21. The smallest absolute Gasteiger partial charge is 0.338 e. The average Bonchev–Trinajstić information content (AvgIpc) is 2.64. The van der Waals surface area contributed by atoms with E-state index in [0.29, 0.717) is 11.4 Å². The first-order valence-electron chi connectivity index (χ1n) is 8.81. The van der Waals surface area contributed by atoms with Gasteiger partial charge < -0.3 is 14.8 Å². The number of benzene rings is 2. The van der Waals surface area contributed by atoms with Gasteiger partial charge in [0.1, 0.15) is 10.6 Å². The predicted molar refractivity (Wildman–Crippen MR) is 113 cm³/mol. The van der Waals surface area contributed by atoms with Crippen molar-refractivity contribution >= 4 is 39.2 Å². The van der Waals surface area contributed by atoms with E-state index in [4.69, 9.17) is 26.2 Å². The number of esters is 1. The summed E-state index contributed by atoms with van der Waals surface area (Å²) in [7, 11) is -2.64. The Morgan fingerprint density at radius 1 is 1.13 bits per heavy atom. The number of halogens is 1. The van der Waals surface area contributed by atoms with Crippen LogP contribution in [0.2, 0.25) is 5.02 Å². The second-order valence-electron chi connectivity index (χ2n) is 7.48. The Bertz CT molecular complexity index is 1080. The SMILES string of the molecule is COc1ccc(C(C)(C)C)cc1NC(=O)COC(=O)c1ccc(Cl)c(S(N)(=O)=O)c1. The second-order valence-corrected chi connectivity index (χ2v) is 9.42. The Morgan fingerprint density at radius 2 is 1.80 bits per heavy atom. The van der Waals surface area contributed by atoms with Crippen LogP contribution in [0.25, 0.3) is 0 Å². The Morgan fingerprint density at radius 3 is 2.37 bits per heavy atom. The second kappa shape index (κ2) is 9.03. The zero-order valence-electron chi connectivity index (χ0n) is 17.0. The lowest BCUT2D eigenvalue weighted by molar-refractivity contribution is -0.119. The molecule has 0 radical (unpaired) electrons. The number of methoxy groups -OCH3 is 1. The van der Waals surface area contributed by atoms with Gasteiger partial charge in [-0.15, -0.1) is 0 Å². The molecule has 30 heavy (non-hydrogen) atoms. The maximum atomic E-state index is 12.3. The van der Waals surface area contributed by atoms with Crippen LogP contribution in [-0.2, 0) is 25.0 Å². The Kier molecular flexibility index (Phi) is 7.12. The molecule has 0 fully saturated rings. The van der Waals surface area contributed by atoms with Crippen LogP contribution < -0.4 is 15.2 Å². The first-order valence-corrected chi connectivity index (χ1v) is 10.7. The van der Waals surface area contributed by atoms with Crippen LogP contribution in [-0.4, -0.2) is 34.0 Å². The third-order valence-corrected chi connectivity index (χ3v) is 5.54. The molecule has 0 saturated heterocycles. The molecule has 0 aliphatic rings. The average molecular weight is 455 g/mol. The number of carbonyl (C=O) groups is 2. The summed E-state index contributed by atoms with van der Waals surface area (Å²) in [6.07, 6.45) is 0. The van der Waals surface area contributed by atoms with Crippen molar-refractivity contribution in [2.75, 3.05) is 19.0 Å². The van der Waals surface area contributed by atoms with Gasteiger partial charge in [-0.2, -0.15) is 0 Å². The maximum absolute atomic E-state index is 12.3. The van der Waals surface area contributed by atoms with Gasteiger partial charge in [-0.1, -0.05) is 38.4 Å². The molecule has 0 spiro atoms. The molecule has 0 atom stereocenters. The van der Waals surface area contributed by atoms with Crippen molar-refractivity contribution < 1.29 is 27.5 Å². The van der Waals surface area contributed by atoms with Crippen LogP contribution in [0.3, 0.4) is 0 Å². The number of primary sulfonamides is 1. The maximum Gasteiger partial charge on any atom is 0.338 e. The molecule has 0 aliphatic heterocycles. The number of hydrogen-bond donors (Lipinski definition) is 2. The Labute approximate surface area is 180 Å². The van der Waals surface area contributed by atoms with Crippen molar-refractivity contribution in [2.45, 2.75) is 31.1 Å². The molecule has 0 unspecified atom stereocenters. The molecule has 1 amide bonds. The number of nitrogens with one attached hydrogen (secondary N) is 1. The highest BCUT2D eigenvalue weighted by Crippen LogP contribution is 2.31. The molecule has 0 aromatic heterocycles. The molecule has 2 aromatic carbocycles. The molecular formula is C20H23ClN2O6S. The number of amides is 1. The van der Waals surface area contributed by atoms with Gasteiger partial charge in [0, 0.05) is 0 Å². The van der Waals surface area contributed by atoms with Crippen molar-refractivity contribution in [1.29, 1.82) is 0 Å². The van der Waals surface area contributed by atoms with E-state index in [2.05, 4.69) is 5.32 Å². The number of nitrogens with two attached hydrogens (primary N) is 1. The summed E-state index contributed by atoms with van der Waals surface area (Å²) in [5.74, 6) is -1.03. The van der Waals surface area contributed by atoms with E-state index in [1.54, 1.807) is 12.1 Å². The highest BCUT2D eigenvalue weighted by Gasteiger charge is 2.19. The third-order valence-electron chi connectivity index (χ3n) is 4.15. The molecule has 2 aromatic rings. The molecule has 8 nitrogen and oxygen atoms in total. The minimum Gasteiger partial charge on any atom is -0.495 e. The van der Waals surface area contributed by atoms with Gasteiger partial charge in [-0.3, -0.25) is 4.79 Å². The summed E-state index contributed by atoms with van der Waals surface area (Å²) in [5.41, 5.74) is 1.16. The topological polar surface area (TPSA) is 125 Å². The fourth-order valence-electron chi connectivity index (χ4n) is 2.52. The van der Waals surface area contributed by atoms with Crippen LogP contribution in [0.1, 0.15) is 36.7 Å². The normalized spacial score (nSPS) is 11.7. The fourth-order valence-corrected chi connectivity index (χ4v) is 3.59. The quantitative estimate of drug-likeness (QED) is 0.646. The molecule has 0 saturated carbocycles. The van der Waals surface area contributed by atoms with E-state index in [1.807, 2.05) is 26.8 Å². The van der Waals surface area contributed by atoms with Gasteiger partial charge in [-0.05, 0) is 41.3 Å². The number of rotatable bonds is 6. The van der Waals surface area contributed by atoms with Crippen molar-refractivity contribution in [3.63, 3.8) is 0 Å². The third kappa shape index (κ3) is 5.94. The summed E-state index contributed by atoms with van der Waals surface area (Å²) in [6, 6.07) is 8.90.